The van der Waals surface area contributed by atoms with Crippen molar-refractivity contribution in [1.29, 1.82) is 5.26 Å². The molecule has 35 heavy (non-hydrogen) atoms. The summed E-state index contributed by atoms with van der Waals surface area (Å²) in [4.78, 5) is 38.0. The van der Waals surface area contributed by atoms with Crippen LogP contribution in [0.5, 0.6) is 0 Å². The number of hydrogen-bond donors (Lipinski definition) is 4. The largest absolute Gasteiger partial charge is 0.391 e. The van der Waals surface area contributed by atoms with Crippen LogP contribution in [0.3, 0.4) is 0 Å². The van der Waals surface area contributed by atoms with Gasteiger partial charge in [0.2, 0.25) is 5.91 Å². The highest BCUT2D eigenvalue weighted by Crippen LogP contribution is 2.20. The minimum atomic E-state index is -0.632. The molecule has 3 rings (SSSR count). The predicted molar refractivity (Wildman–Crippen MR) is 137 cm³/mol. The Bertz CT molecular complexity index is 1330. The van der Waals surface area contributed by atoms with Crippen LogP contribution in [0, 0.1) is 16.7 Å². The van der Waals surface area contributed by atoms with Crippen LogP contribution in [0.1, 0.15) is 47.0 Å². The van der Waals surface area contributed by atoms with E-state index < -0.39 is 23.5 Å². The highest BCUT2D eigenvalue weighted by atomic mass is 32.1. The molecule has 0 unspecified atom stereocenters. The molecule has 10 heteroatoms. The van der Waals surface area contributed by atoms with Crippen molar-refractivity contribution in [1.82, 2.24) is 9.88 Å². The second-order valence-corrected chi connectivity index (χ2v) is 10.5. The van der Waals surface area contributed by atoms with Crippen molar-refractivity contribution in [3.63, 3.8) is 0 Å². The van der Waals surface area contributed by atoms with E-state index in [4.69, 9.17) is 0 Å². The van der Waals surface area contributed by atoms with E-state index in [1.54, 1.807) is 31.2 Å². The van der Waals surface area contributed by atoms with Gasteiger partial charge in [-0.05, 0) is 44.4 Å². The number of nitriles is 1. The third-order valence-corrected chi connectivity index (χ3v) is 6.87. The topological polar surface area (TPSA) is 136 Å². The summed E-state index contributed by atoms with van der Waals surface area (Å²) in [6.45, 7) is 7.54. The number of anilines is 2. The predicted octanol–water partition coefficient (Wildman–Crippen LogP) is 1.47. The summed E-state index contributed by atoms with van der Waals surface area (Å²) < 4.78 is 1.98. The number of amides is 2. The van der Waals surface area contributed by atoms with Gasteiger partial charge in [0.1, 0.15) is 15.3 Å². The van der Waals surface area contributed by atoms with Crippen LogP contribution in [0.15, 0.2) is 29.1 Å². The number of hydrogen-bond acceptors (Lipinski definition) is 7. The summed E-state index contributed by atoms with van der Waals surface area (Å²) in [6, 6.07) is 8.63. The first-order chi connectivity index (χ1) is 16.5. The zero-order chi connectivity index (χ0) is 25.8. The summed E-state index contributed by atoms with van der Waals surface area (Å²) in [5.74, 6) is -0.709. The Morgan fingerprint density at radius 2 is 2.00 bits per heavy atom. The van der Waals surface area contributed by atoms with E-state index >= 15 is 0 Å². The first-order valence-electron chi connectivity index (χ1n) is 11.6. The Morgan fingerprint density at radius 3 is 2.60 bits per heavy atom. The zero-order valence-electron chi connectivity index (χ0n) is 20.3. The fourth-order valence-electron chi connectivity index (χ4n) is 3.69. The second kappa shape index (κ2) is 10.9. The average molecular weight is 498 g/mol. The van der Waals surface area contributed by atoms with Crippen LogP contribution in [-0.4, -0.2) is 33.6 Å². The Balaban J connectivity index is 1.91. The number of thiazole rings is 1. The van der Waals surface area contributed by atoms with Gasteiger partial charge in [0.25, 0.3) is 11.5 Å². The maximum Gasteiger partial charge on any atom is 0.270 e. The van der Waals surface area contributed by atoms with E-state index in [2.05, 4.69) is 16.0 Å². The van der Waals surface area contributed by atoms with Gasteiger partial charge >= 0.3 is 0 Å². The number of rotatable bonds is 6. The number of aliphatic hydroxyl groups excluding tert-OH is 1. The Morgan fingerprint density at radius 1 is 1.29 bits per heavy atom. The summed E-state index contributed by atoms with van der Waals surface area (Å²) in [5.41, 5.74) is 0.266. The summed E-state index contributed by atoms with van der Waals surface area (Å²) >= 11 is 1.05. The highest BCUT2D eigenvalue weighted by Gasteiger charge is 2.28. The van der Waals surface area contributed by atoms with E-state index in [-0.39, 0.29) is 28.2 Å². The van der Waals surface area contributed by atoms with Gasteiger partial charge in [0.05, 0.1) is 12.1 Å². The number of aliphatic hydroxyl groups is 1. The maximum absolute atomic E-state index is 13.0. The molecule has 1 saturated carbocycles. The van der Waals surface area contributed by atoms with E-state index in [1.165, 1.54) is 10.8 Å². The van der Waals surface area contributed by atoms with Gasteiger partial charge in [0.15, 0.2) is 5.57 Å². The van der Waals surface area contributed by atoms with Gasteiger partial charge in [-0.3, -0.25) is 19.0 Å². The third kappa shape index (κ3) is 6.18. The van der Waals surface area contributed by atoms with Crippen molar-refractivity contribution in [2.45, 2.75) is 65.6 Å². The van der Waals surface area contributed by atoms with Crippen molar-refractivity contribution in [3.8, 4) is 6.07 Å². The lowest BCUT2D eigenvalue weighted by Gasteiger charge is -2.18. The third-order valence-electron chi connectivity index (χ3n) is 5.74. The van der Waals surface area contributed by atoms with Crippen molar-refractivity contribution in [2.24, 2.45) is 5.41 Å². The molecule has 0 radical (unpaired) electrons. The molecule has 1 aromatic heterocycles. The minimum Gasteiger partial charge on any atom is -0.391 e. The lowest BCUT2D eigenvalue weighted by Crippen LogP contribution is -2.42. The first-order valence-corrected chi connectivity index (χ1v) is 12.4. The molecule has 1 aliphatic carbocycles. The van der Waals surface area contributed by atoms with E-state index in [1.807, 2.05) is 26.8 Å². The van der Waals surface area contributed by atoms with Crippen LogP contribution in [0.4, 0.5) is 11.4 Å². The number of nitrogens with zero attached hydrogens (tertiary/aromatic N) is 2. The molecule has 0 bridgehead atoms. The Kier molecular flexibility index (Phi) is 8.14. The summed E-state index contributed by atoms with van der Waals surface area (Å²) in [5, 5.41) is 28.4. The monoisotopic (exact) mass is 497 g/mol. The molecule has 2 aromatic rings. The van der Waals surface area contributed by atoms with Gasteiger partial charge in [0, 0.05) is 29.5 Å². The van der Waals surface area contributed by atoms with Crippen molar-refractivity contribution in [2.75, 3.05) is 10.6 Å². The van der Waals surface area contributed by atoms with Crippen LogP contribution >= 0.6 is 11.3 Å². The number of aromatic nitrogens is 1. The number of nitrogens with one attached hydrogen (secondary N) is 3. The molecule has 9 nitrogen and oxygen atoms in total. The second-order valence-electron chi connectivity index (χ2n) is 9.46. The van der Waals surface area contributed by atoms with E-state index in [0.29, 0.717) is 28.7 Å². The summed E-state index contributed by atoms with van der Waals surface area (Å²) in [6.07, 6.45) is 2.96. The van der Waals surface area contributed by atoms with Crippen molar-refractivity contribution in [3.05, 3.63) is 43.8 Å². The highest BCUT2D eigenvalue weighted by molar-refractivity contribution is 7.07. The van der Waals surface area contributed by atoms with E-state index in [0.717, 1.165) is 17.8 Å². The number of carbonyl (C=O) groups is 2. The molecule has 186 valence electrons. The van der Waals surface area contributed by atoms with Crippen LogP contribution in [0.25, 0.3) is 11.8 Å². The van der Waals surface area contributed by atoms with Gasteiger partial charge in [-0.25, -0.2) is 0 Å². The van der Waals surface area contributed by atoms with Gasteiger partial charge in [-0.1, -0.05) is 26.8 Å². The molecule has 0 saturated heterocycles. The fraction of sp³-hybridized carbons (Fsp3) is 0.440. The molecular weight excluding hydrogens is 466 g/mol. The molecule has 1 aromatic carbocycles. The van der Waals surface area contributed by atoms with E-state index in [9.17, 15) is 24.8 Å². The molecule has 2 amide bonds. The molecule has 4 N–H and O–H groups in total. The molecule has 0 spiro atoms. The maximum atomic E-state index is 13.0. The molecule has 1 aliphatic rings. The average Bonchev–Trinajstić information content (AvgIpc) is 3.34. The lowest BCUT2D eigenvalue weighted by molar-refractivity contribution is -0.123. The Hall–Kier alpha value is -3.42. The molecular formula is C25H31N5O4S. The van der Waals surface area contributed by atoms with Crippen LogP contribution in [0.2, 0.25) is 0 Å². The Labute approximate surface area is 207 Å². The fourth-order valence-corrected chi connectivity index (χ4v) is 4.78. The van der Waals surface area contributed by atoms with Gasteiger partial charge in [-0.15, -0.1) is 11.3 Å². The van der Waals surface area contributed by atoms with Crippen molar-refractivity contribution < 1.29 is 14.7 Å². The quantitative estimate of drug-likeness (QED) is 0.477. The number of carbonyl (C=O) groups excluding carboxylic acids is 2. The van der Waals surface area contributed by atoms with Crippen LogP contribution < -0.4 is 30.7 Å². The van der Waals surface area contributed by atoms with Gasteiger partial charge < -0.3 is 21.1 Å². The zero-order valence-corrected chi connectivity index (χ0v) is 21.2. The molecule has 0 aliphatic heterocycles. The first kappa shape index (κ1) is 26.2. The number of benzene rings is 1. The normalized spacial score (nSPS) is 19.1. The summed E-state index contributed by atoms with van der Waals surface area (Å²) in [7, 11) is 0. The van der Waals surface area contributed by atoms with Crippen LogP contribution in [-0.2, 0) is 16.1 Å². The molecule has 1 heterocycles. The smallest absolute Gasteiger partial charge is 0.270 e. The van der Waals surface area contributed by atoms with Gasteiger partial charge in [-0.2, -0.15) is 5.26 Å². The van der Waals surface area contributed by atoms with Crippen molar-refractivity contribution >= 4 is 46.3 Å². The SMILES string of the molecule is CCn1c(=C(C#N)C(=O)N[C@H]2CCC[C@@H]2O)sc(=CNc2cccc(NC(=O)C(C)(C)C)c2)c1=O. The minimum absolute atomic E-state index is 0.115. The molecule has 1 fully saturated rings. The lowest BCUT2D eigenvalue weighted by atomic mass is 9.95. The standard InChI is InChI=1S/C25H31N5O4S/c1-5-30-22(33)20(14-27-15-8-6-9-16(12-15)28-24(34)25(2,3)4)35-23(30)17(13-26)21(32)29-18-10-7-11-19(18)31/h6,8-9,12,14,18-19,27,31H,5,7,10-11H2,1-4H3,(H,28,34)(H,29,32)/t18-,19-/m0/s1. The molecule has 2 atom stereocenters.